The fourth-order valence-corrected chi connectivity index (χ4v) is 2.72. The number of ether oxygens (including phenoxy) is 1. The summed E-state index contributed by atoms with van der Waals surface area (Å²) in [5.74, 6) is 0. The highest BCUT2D eigenvalue weighted by molar-refractivity contribution is 9.11. The van der Waals surface area contributed by atoms with Gasteiger partial charge in [0.15, 0.2) is 0 Å². The maximum atomic E-state index is 12.0. The van der Waals surface area contributed by atoms with Crippen LogP contribution in [0.1, 0.15) is 18.9 Å². The molecule has 1 aromatic carbocycles. The highest BCUT2D eigenvalue weighted by Gasteiger charge is 2.24. The number of rotatable bonds is 3. The molecule has 0 spiro atoms. The molecule has 1 atom stereocenters. The number of halogens is 1. The SMILES string of the molecule is CC(O)C1=C(Br)CCN(C(=O)OCc2ccccc2)C1. The molecular weight excluding hydrogens is 322 g/mol. The quantitative estimate of drug-likeness (QED) is 0.920. The molecule has 1 N–H and O–H groups in total. The lowest BCUT2D eigenvalue weighted by atomic mass is 10.1. The molecule has 0 bridgehead atoms. The lowest BCUT2D eigenvalue weighted by Crippen LogP contribution is -2.38. The summed E-state index contributed by atoms with van der Waals surface area (Å²) in [5.41, 5.74) is 1.80. The van der Waals surface area contributed by atoms with Gasteiger partial charge >= 0.3 is 6.09 Å². The van der Waals surface area contributed by atoms with Crippen molar-refractivity contribution in [2.45, 2.75) is 26.1 Å². The molecule has 108 valence electrons. The molecule has 0 saturated carbocycles. The van der Waals surface area contributed by atoms with Crippen molar-refractivity contribution in [3.63, 3.8) is 0 Å². The number of carbonyl (C=O) groups excluding carboxylic acids is 1. The summed E-state index contributed by atoms with van der Waals surface area (Å²) in [6.07, 6.45) is -0.193. The van der Waals surface area contributed by atoms with Crippen LogP contribution < -0.4 is 0 Å². The van der Waals surface area contributed by atoms with Crippen LogP contribution in [0.3, 0.4) is 0 Å². The Balaban J connectivity index is 1.91. The van der Waals surface area contributed by atoms with Gasteiger partial charge in [-0.15, -0.1) is 0 Å². The Labute approximate surface area is 127 Å². The van der Waals surface area contributed by atoms with Crippen LogP contribution in [-0.4, -0.2) is 35.3 Å². The van der Waals surface area contributed by atoms with Crippen LogP contribution in [0.15, 0.2) is 40.4 Å². The Kier molecular flexibility index (Phi) is 5.20. The summed E-state index contributed by atoms with van der Waals surface area (Å²) in [7, 11) is 0. The van der Waals surface area contributed by atoms with Gasteiger partial charge < -0.3 is 14.7 Å². The molecule has 5 heteroatoms. The molecule has 0 radical (unpaired) electrons. The van der Waals surface area contributed by atoms with E-state index in [0.717, 1.165) is 15.6 Å². The predicted octanol–water partition coefficient (Wildman–Crippen LogP) is 3.06. The minimum atomic E-state index is -0.561. The minimum absolute atomic E-state index is 0.269. The molecule has 2 rings (SSSR count). The third kappa shape index (κ3) is 3.84. The smallest absolute Gasteiger partial charge is 0.410 e. The van der Waals surface area contributed by atoms with E-state index in [2.05, 4.69) is 15.9 Å². The van der Waals surface area contributed by atoms with Crippen LogP contribution >= 0.6 is 15.9 Å². The molecule has 20 heavy (non-hydrogen) atoms. The first-order valence-corrected chi connectivity index (χ1v) is 7.38. The van der Waals surface area contributed by atoms with Gasteiger partial charge in [-0.3, -0.25) is 0 Å². The van der Waals surface area contributed by atoms with E-state index in [9.17, 15) is 9.90 Å². The van der Waals surface area contributed by atoms with Crippen molar-refractivity contribution >= 4 is 22.0 Å². The zero-order valence-corrected chi connectivity index (χ0v) is 13.0. The fourth-order valence-electron chi connectivity index (χ4n) is 2.09. The third-order valence-corrected chi connectivity index (χ3v) is 4.18. The number of carbonyl (C=O) groups is 1. The van der Waals surface area contributed by atoms with Crippen LogP contribution in [0.2, 0.25) is 0 Å². The number of hydrogen-bond acceptors (Lipinski definition) is 3. The molecule has 1 heterocycles. The Hall–Kier alpha value is -1.33. The highest BCUT2D eigenvalue weighted by Crippen LogP contribution is 2.25. The van der Waals surface area contributed by atoms with E-state index >= 15 is 0 Å². The van der Waals surface area contributed by atoms with Crippen LogP contribution in [0, 0.1) is 0 Å². The van der Waals surface area contributed by atoms with Gasteiger partial charge in [-0.1, -0.05) is 46.3 Å². The third-order valence-electron chi connectivity index (χ3n) is 3.28. The zero-order chi connectivity index (χ0) is 14.5. The van der Waals surface area contributed by atoms with Crippen LogP contribution in [0.4, 0.5) is 4.79 Å². The predicted molar refractivity (Wildman–Crippen MR) is 80.5 cm³/mol. The molecular formula is C15H18BrNO3. The molecule has 0 aromatic heterocycles. The van der Waals surface area contributed by atoms with Gasteiger partial charge in [-0.2, -0.15) is 0 Å². The normalized spacial score (nSPS) is 17.1. The first kappa shape index (κ1) is 15.1. The van der Waals surface area contributed by atoms with Gasteiger partial charge in [0.05, 0.1) is 6.10 Å². The van der Waals surface area contributed by atoms with Crippen molar-refractivity contribution in [1.29, 1.82) is 0 Å². The van der Waals surface area contributed by atoms with Crippen molar-refractivity contribution in [2.24, 2.45) is 0 Å². The van der Waals surface area contributed by atoms with E-state index in [1.54, 1.807) is 11.8 Å². The first-order chi connectivity index (χ1) is 9.58. The molecule has 1 aliphatic rings. The highest BCUT2D eigenvalue weighted by atomic mass is 79.9. The van der Waals surface area contributed by atoms with E-state index < -0.39 is 6.10 Å². The fraction of sp³-hybridized carbons (Fsp3) is 0.400. The Morgan fingerprint density at radius 1 is 1.45 bits per heavy atom. The summed E-state index contributed by atoms with van der Waals surface area (Å²) in [5, 5.41) is 9.69. The van der Waals surface area contributed by atoms with Crippen LogP contribution in [0.25, 0.3) is 0 Å². The standard InChI is InChI=1S/C15H18BrNO3/c1-11(18)13-9-17(8-7-14(13)16)15(19)20-10-12-5-3-2-4-6-12/h2-6,11,18H,7-10H2,1H3. The topological polar surface area (TPSA) is 49.8 Å². The van der Waals surface area contributed by atoms with Crippen LogP contribution in [0.5, 0.6) is 0 Å². The van der Waals surface area contributed by atoms with Gasteiger partial charge in [-0.25, -0.2) is 4.79 Å². The van der Waals surface area contributed by atoms with Gasteiger partial charge in [0, 0.05) is 17.6 Å². The van der Waals surface area contributed by atoms with Crippen molar-refractivity contribution in [1.82, 2.24) is 4.90 Å². The van der Waals surface area contributed by atoms with E-state index in [-0.39, 0.29) is 12.7 Å². The van der Waals surface area contributed by atoms with E-state index in [1.807, 2.05) is 30.3 Å². The lowest BCUT2D eigenvalue weighted by Gasteiger charge is -2.29. The van der Waals surface area contributed by atoms with E-state index in [1.165, 1.54) is 0 Å². The number of benzene rings is 1. The molecule has 1 aromatic rings. The number of amides is 1. The van der Waals surface area contributed by atoms with E-state index in [4.69, 9.17) is 4.74 Å². The second-order valence-electron chi connectivity index (χ2n) is 4.82. The largest absolute Gasteiger partial charge is 0.445 e. The second-order valence-corrected chi connectivity index (χ2v) is 5.78. The molecule has 1 aliphatic heterocycles. The average Bonchev–Trinajstić information content (AvgIpc) is 2.46. The zero-order valence-electron chi connectivity index (χ0n) is 11.4. The van der Waals surface area contributed by atoms with Gasteiger partial charge in [0.1, 0.15) is 6.61 Å². The van der Waals surface area contributed by atoms with Crippen molar-refractivity contribution in [2.75, 3.05) is 13.1 Å². The maximum absolute atomic E-state index is 12.0. The Morgan fingerprint density at radius 2 is 2.15 bits per heavy atom. The molecule has 0 saturated heterocycles. The minimum Gasteiger partial charge on any atom is -0.445 e. The monoisotopic (exact) mass is 339 g/mol. The number of hydrogen-bond donors (Lipinski definition) is 1. The van der Waals surface area contributed by atoms with Crippen molar-refractivity contribution in [3.05, 3.63) is 46.0 Å². The summed E-state index contributed by atoms with van der Waals surface area (Å²) < 4.78 is 6.28. The first-order valence-electron chi connectivity index (χ1n) is 6.59. The number of nitrogens with zero attached hydrogens (tertiary/aromatic N) is 1. The molecule has 1 amide bonds. The maximum Gasteiger partial charge on any atom is 0.410 e. The molecule has 0 aliphatic carbocycles. The number of aliphatic hydroxyl groups excluding tert-OH is 1. The second kappa shape index (κ2) is 6.90. The Morgan fingerprint density at radius 3 is 2.80 bits per heavy atom. The summed E-state index contributed by atoms with van der Waals surface area (Å²) in [6, 6.07) is 9.58. The van der Waals surface area contributed by atoms with Gasteiger partial charge in [0.25, 0.3) is 0 Å². The van der Waals surface area contributed by atoms with Gasteiger partial charge in [-0.05, 0) is 24.5 Å². The van der Waals surface area contributed by atoms with Crippen molar-refractivity contribution < 1.29 is 14.6 Å². The summed E-state index contributed by atoms with van der Waals surface area (Å²) in [6.45, 7) is 2.98. The van der Waals surface area contributed by atoms with Gasteiger partial charge in [0.2, 0.25) is 0 Å². The van der Waals surface area contributed by atoms with Crippen LogP contribution in [-0.2, 0) is 11.3 Å². The molecule has 4 nitrogen and oxygen atoms in total. The molecule has 1 unspecified atom stereocenters. The van der Waals surface area contributed by atoms with E-state index in [0.29, 0.717) is 19.5 Å². The summed E-state index contributed by atoms with van der Waals surface area (Å²) in [4.78, 5) is 13.7. The number of aliphatic hydroxyl groups is 1. The lowest BCUT2D eigenvalue weighted by molar-refractivity contribution is 0.0950. The summed E-state index contributed by atoms with van der Waals surface area (Å²) >= 11 is 3.45. The van der Waals surface area contributed by atoms with Crippen molar-refractivity contribution in [3.8, 4) is 0 Å². The Bertz CT molecular complexity index is 499. The average molecular weight is 340 g/mol. The molecule has 0 fully saturated rings.